The van der Waals surface area contributed by atoms with Crippen LogP contribution in [0.3, 0.4) is 0 Å². The molecule has 20 heavy (non-hydrogen) atoms. The van der Waals surface area contributed by atoms with Crippen molar-refractivity contribution in [2.45, 2.75) is 45.9 Å². The van der Waals surface area contributed by atoms with Crippen LogP contribution >= 0.6 is 0 Å². The summed E-state index contributed by atoms with van der Waals surface area (Å²) in [7, 11) is 0. The van der Waals surface area contributed by atoms with Crippen molar-refractivity contribution >= 4 is 16.8 Å². The van der Waals surface area contributed by atoms with Gasteiger partial charge in [-0.25, -0.2) is 0 Å². The topological polar surface area (TPSA) is 54.3 Å². The minimum Gasteiger partial charge on any atom is -0.392 e. The number of benzene rings is 1. The average molecular weight is 274 g/mol. The molecule has 0 fully saturated rings. The summed E-state index contributed by atoms with van der Waals surface area (Å²) in [6, 6.07) is 8.03. The highest BCUT2D eigenvalue weighted by Crippen LogP contribution is 2.17. The number of aliphatic hydroxyl groups is 1. The highest BCUT2D eigenvalue weighted by Gasteiger charge is 2.10. The molecule has 0 aliphatic carbocycles. The van der Waals surface area contributed by atoms with Crippen molar-refractivity contribution in [2.24, 2.45) is 0 Å². The van der Waals surface area contributed by atoms with Crippen molar-refractivity contribution in [3.63, 3.8) is 0 Å². The van der Waals surface area contributed by atoms with Crippen molar-refractivity contribution < 1.29 is 9.90 Å². The lowest BCUT2D eigenvalue weighted by Crippen LogP contribution is -2.36. The molecule has 1 amide bonds. The van der Waals surface area contributed by atoms with Crippen molar-refractivity contribution in [3.8, 4) is 0 Å². The molecule has 108 valence electrons. The second-order valence-corrected chi connectivity index (χ2v) is 5.08. The summed E-state index contributed by atoms with van der Waals surface area (Å²) in [6.45, 7) is 4.48. The van der Waals surface area contributed by atoms with Crippen LogP contribution in [-0.4, -0.2) is 21.6 Å². The Morgan fingerprint density at radius 3 is 2.70 bits per heavy atom. The van der Waals surface area contributed by atoms with E-state index in [9.17, 15) is 9.90 Å². The molecular formula is C16H22N2O2. The molecular weight excluding hydrogens is 252 g/mol. The van der Waals surface area contributed by atoms with Gasteiger partial charge in [0.05, 0.1) is 6.61 Å². The number of nitrogens with zero attached hydrogens (tertiary/aromatic N) is 1. The number of carbonyl (C=O) groups excluding carboxylic acids is 1. The Morgan fingerprint density at radius 2 is 2.05 bits per heavy atom. The minimum atomic E-state index is 0.0149. The molecule has 1 heterocycles. The Balaban J connectivity index is 2.15. The first-order valence-electron chi connectivity index (χ1n) is 7.15. The Kier molecular flexibility index (Phi) is 4.79. The third kappa shape index (κ3) is 3.20. The number of hydrogen-bond donors (Lipinski definition) is 2. The molecule has 2 rings (SSSR count). The first kappa shape index (κ1) is 14.6. The van der Waals surface area contributed by atoms with Crippen LogP contribution < -0.4 is 5.32 Å². The molecule has 0 spiro atoms. The zero-order chi connectivity index (χ0) is 14.5. The Hall–Kier alpha value is -1.81. The molecule has 1 aromatic heterocycles. The van der Waals surface area contributed by atoms with E-state index in [1.807, 2.05) is 35.0 Å². The van der Waals surface area contributed by atoms with E-state index < -0.39 is 0 Å². The quantitative estimate of drug-likeness (QED) is 0.850. The second kappa shape index (κ2) is 6.57. The lowest BCUT2D eigenvalue weighted by Gasteiger charge is -2.15. The lowest BCUT2D eigenvalue weighted by atomic mass is 10.1. The maximum absolute atomic E-state index is 12.1. The highest BCUT2D eigenvalue weighted by atomic mass is 16.3. The van der Waals surface area contributed by atoms with Gasteiger partial charge in [0.2, 0.25) is 5.91 Å². The average Bonchev–Trinajstić information content (AvgIpc) is 2.86. The fourth-order valence-electron chi connectivity index (χ4n) is 2.39. The predicted octanol–water partition coefficient (Wildman–Crippen LogP) is 2.44. The van der Waals surface area contributed by atoms with E-state index in [-0.39, 0.29) is 18.6 Å². The smallest absolute Gasteiger partial charge is 0.240 e. The molecule has 2 N–H and O–H groups in total. The molecule has 0 radical (unpaired) electrons. The van der Waals surface area contributed by atoms with E-state index in [1.165, 1.54) is 0 Å². The van der Waals surface area contributed by atoms with Gasteiger partial charge in [-0.1, -0.05) is 26.0 Å². The number of carbonyl (C=O) groups is 1. The van der Waals surface area contributed by atoms with Gasteiger partial charge in [0.1, 0.15) is 6.54 Å². The highest BCUT2D eigenvalue weighted by molar-refractivity contribution is 5.83. The zero-order valence-electron chi connectivity index (χ0n) is 12.1. The largest absolute Gasteiger partial charge is 0.392 e. The van der Waals surface area contributed by atoms with Gasteiger partial charge in [-0.15, -0.1) is 0 Å². The summed E-state index contributed by atoms with van der Waals surface area (Å²) in [4.78, 5) is 12.1. The van der Waals surface area contributed by atoms with Crippen LogP contribution in [0.4, 0.5) is 0 Å². The van der Waals surface area contributed by atoms with Crippen LogP contribution in [-0.2, 0) is 17.9 Å². The molecule has 0 aliphatic rings. The van der Waals surface area contributed by atoms with Gasteiger partial charge in [0, 0.05) is 17.8 Å². The first-order chi connectivity index (χ1) is 9.67. The van der Waals surface area contributed by atoms with Crippen LogP contribution in [0.25, 0.3) is 10.9 Å². The first-order valence-corrected chi connectivity index (χ1v) is 7.15. The summed E-state index contributed by atoms with van der Waals surface area (Å²) in [5, 5.41) is 13.3. The Morgan fingerprint density at radius 1 is 1.30 bits per heavy atom. The van der Waals surface area contributed by atoms with Crippen LogP contribution in [0.5, 0.6) is 0 Å². The van der Waals surface area contributed by atoms with Crippen LogP contribution in [0.1, 0.15) is 32.3 Å². The van der Waals surface area contributed by atoms with Gasteiger partial charge < -0.3 is 15.0 Å². The van der Waals surface area contributed by atoms with Gasteiger partial charge in [0.15, 0.2) is 0 Å². The van der Waals surface area contributed by atoms with E-state index >= 15 is 0 Å². The molecule has 0 bridgehead atoms. The molecule has 4 heteroatoms. The summed E-state index contributed by atoms with van der Waals surface area (Å²) in [5.74, 6) is 0.0330. The third-order valence-electron chi connectivity index (χ3n) is 3.69. The van der Waals surface area contributed by atoms with Gasteiger partial charge in [-0.3, -0.25) is 4.79 Å². The van der Waals surface area contributed by atoms with E-state index in [1.54, 1.807) is 0 Å². The van der Waals surface area contributed by atoms with Gasteiger partial charge in [-0.2, -0.15) is 0 Å². The molecule has 0 saturated carbocycles. The summed E-state index contributed by atoms with van der Waals surface area (Å²) >= 11 is 0. The molecule has 0 atom stereocenters. The van der Waals surface area contributed by atoms with Crippen molar-refractivity contribution in [3.05, 3.63) is 36.0 Å². The summed E-state index contributed by atoms with van der Waals surface area (Å²) < 4.78 is 1.92. The van der Waals surface area contributed by atoms with Crippen molar-refractivity contribution in [2.75, 3.05) is 0 Å². The molecule has 4 nitrogen and oxygen atoms in total. The maximum Gasteiger partial charge on any atom is 0.240 e. The van der Waals surface area contributed by atoms with Gasteiger partial charge >= 0.3 is 0 Å². The monoisotopic (exact) mass is 274 g/mol. The van der Waals surface area contributed by atoms with Gasteiger partial charge in [0.25, 0.3) is 0 Å². The summed E-state index contributed by atoms with van der Waals surface area (Å²) in [5.41, 5.74) is 1.84. The number of aromatic nitrogens is 1. The molecule has 1 aromatic carbocycles. The van der Waals surface area contributed by atoms with E-state index in [4.69, 9.17) is 0 Å². The second-order valence-electron chi connectivity index (χ2n) is 5.08. The van der Waals surface area contributed by atoms with Crippen molar-refractivity contribution in [1.82, 2.24) is 9.88 Å². The molecule has 2 aromatic rings. The Bertz CT molecular complexity index is 585. The van der Waals surface area contributed by atoms with E-state index in [2.05, 4.69) is 19.2 Å². The third-order valence-corrected chi connectivity index (χ3v) is 3.69. The van der Waals surface area contributed by atoms with Crippen LogP contribution in [0.15, 0.2) is 30.5 Å². The number of fused-ring (bicyclic) bond motifs is 1. The standard InChI is InChI=1S/C16H22N2O2/c1-3-14(4-2)17-16(20)10-18-8-7-13-6-5-12(11-19)9-15(13)18/h5-9,14,19H,3-4,10-11H2,1-2H3,(H,17,20). The number of rotatable bonds is 6. The van der Waals surface area contributed by atoms with E-state index in [0.717, 1.165) is 29.3 Å². The molecule has 0 aliphatic heterocycles. The van der Waals surface area contributed by atoms with Gasteiger partial charge in [-0.05, 0) is 35.9 Å². The number of amides is 1. The predicted molar refractivity (Wildman–Crippen MR) is 80.4 cm³/mol. The van der Waals surface area contributed by atoms with Crippen molar-refractivity contribution in [1.29, 1.82) is 0 Å². The minimum absolute atomic E-state index is 0.0149. The van der Waals surface area contributed by atoms with E-state index in [0.29, 0.717) is 6.54 Å². The van der Waals surface area contributed by atoms with Crippen LogP contribution in [0, 0.1) is 0 Å². The normalized spacial score (nSPS) is 11.2. The molecule has 0 unspecified atom stereocenters. The fraction of sp³-hybridized carbons (Fsp3) is 0.438. The number of aliphatic hydroxyl groups excluding tert-OH is 1. The number of nitrogens with one attached hydrogen (secondary N) is 1. The van der Waals surface area contributed by atoms with Crippen LogP contribution in [0.2, 0.25) is 0 Å². The fourth-order valence-corrected chi connectivity index (χ4v) is 2.39. The lowest BCUT2D eigenvalue weighted by molar-refractivity contribution is -0.122. The maximum atomic E-state index is 12.1. The summed E-state index contributed by atoms with van der Waals surface area (Å²) in [6.07, 6.45) is 3.81. The Labute approximate surface area is 119 Å². The zero-order valence-corrected chi connectivity index (χ0v) is 12.1. The number of hydrogen-bond acceptors (Lipinski definition) is 2. The SMILES string of the molecule is CCC(CC)NC(=O)Cn1ccc2ccc(CO)cc21. The molecule has 0 saturated heterocycles.